The number of phenols is 1. The van der Waals surface area contributed by atoms with E-state index in [0.29, 0.717) is 0 Å². The van der Waals surface area contributed by atoms with Crippen molar-refractivity contribution >= 4 is 17.4 Å². The summed E-state index contributed by atoms with van der Waals surface area (Å²) in [5.41, 5.74) is -0.780. The molecule has 0 amide bonds. The molecular formula is C10H9NO6. The molecule has 0 heterocycles. The highest BCUT2D eigenvalue weighted by atomic mass is 16.6. The maximum absolute atomic E-state index is 11.6. The van der Waals surface area contributed by atoms with E-state index in [1.807, 2.05) is 0 Å². The van der Waals surface area contributed by atoms with Crippen molar-refractivity contribution in [3.63, 3.8) is 0 Å². The van der Waals surface area contributed by atoms with E-state index in [9.17, 15) is 19.7 Å². The molecule has 1 aromatic rings. The van der Waals surface area contributed by atoms with E-state index in [4.69, 9.17) is 5.11 Å². The Bertz CT molecular complexity index is 482. The van der Waals surface area contributed by atoms with Crippen LogP contribution in [0.2, 0.25) is 0 Å². The van der Waals surface area contributed by atoms with Crippen LogP contribution in [0.3, 0.4) is 0 Å². The van der Waals surface area contributed by atoms with E-state index >= 15 is 0 Å². The molecule has 0 atom stereocenters. The van der Waals surface area contributed by atoms with Gasteiger partial charge in [0.1, 0.15) is 12.2 Å². The van der Waals surface area contributed by atoms with Crippen molar-refractivity contribution < 1.29 is 24.4 Å². The van der Waals surface area contributed by atoms with Crippen LogP contribution in [0.4, 0.5) is 5.69 Å². The molecule has 0 aliphatic heterocycles. The van der Waals surface area contributed by atoms with Crippen molar-refractivity contribution in [2.24, 2.45) is 0 Å². The number of esters is 1. The van der Waals surface area contributed by atoms with Gasteiger partial charge >= 0.3 is 5.97 Å². The minimum absolute atomic E-state index is 0.288. The maximum Gasteiger partial charge on any atom is 0.313 e. The molecule has 90 valence electrons. The molecule has 0 fully saturated rings. The standard InChI is InChI=1S/C10H9NO6/c1-17-10(14)5-9(13)7-4-6(12)2-3-8(7)11(15)16/h2-4,12H,5H2,1H3. The first kappa shape index (κ1) is 12.6. The molecule has 0 spiro atoms. The number of phenolic OH excluding ortho intramolecular Hbond substituents is 1. The first-order valence-corrected chi connectivity index (χ1v) is 4.53. The summed E-state index contributed by atoms with van der Waals surface area (Å²) in [4.78, 5) is 32.3. The van der Waals surface area contributed by atoms with Crippen molar-refractivity contribution in [2.45, 2.75) is 6.42 Å². The van der Waals surface area contributed by atoms with Crippen LogP contribution in [0.15, 0.2) is 18.2 Å². The molecule has 7 nitrogen and oxygen atoms in total. The molecule has 0 saturated carbocycles. The predicted molar refractivity (Wildman–Crippen MR) is 55.7 cm³/mol. The number of carbonyl (C=O) groups excluding carboxylic acids is 2. The molecule has 0 aliphatic rings. The van der Waals surface area contributed by atoms with E-state index < -0.39 is 28.8 Å². The summed E-state index contributed by atoms with van der Waals surface area (Å²) in [5.74, 6) is -1.86. The normalized spacial score (nSPS) is 9.71. The summed E-state index contributed by atoms with van der Waals surface area (Å²) >= 11 is 0. The van der Waals surface area contributed by atoms with E-state index in [-0.39, 0.29) is 11.3 Å². The van der Waals surface area contributed by atoms with E-state index in [0.717, 1.165) is 25.3 Å². The minimum Gasteiger partial charge on any atom is -0.508 e. The van der Waals surface area contributed by atoms with Gasteiger partial charge in [0.15, 0.2) is 5.78 Å². The second kappa shape index (κ2) is 5.06. The van der Waals surface area contributed by atoms with Crippen LogP contribution >= 0.6 is 0 Å². The van der Waals surface area contributed by atoms with Crippen LogP contribution < -0.4 is 0 Å². The monoisotopic (exact) mass is 239 g/mol. The summed E-state index contributed by atoms with van der Waals surface area (Å²) in [6.45, 7) is 0. The molecule has 1 rings (SSSR count). The second-order valence-electron chi connectivity index (χ2n) is 3.13. The third kappa shape index (κ3) is 3.00. The van der Waals surface area contributed by atoms with Gasteiger partial charge < -0.3 is 9.84 Å². The average molecular weight is 239 g/mol. The van der Waals surface area contributed by atoms with E-state index in [2.05, 4.69) is 4.74 Å². The number of nitrogens with zero attached hydrogens (tertiary/aromatic N) is 1. The molecular weight excluding hydrogens is 230 g/mol. The summed E-state index contributed by atoms with van der Waals surface area (Å²) in [6.07, 6.45) is -0.610. The van der Waals surface area contributed by atoms with Gasteiger partial charge in [-0.1, -0.05) is 0 Å². The number of hydrogen-bond donors (Lipinski definition) is 1. The fourth-order valence-corrected chi connectivity index (χ4v) is 1.21. The molecule has 7 heteroatoms. The number of ether oxygens (including phenoxy) is 1. The van der Waals surface area contributed by atoms with Gasteiger partial charge in [0.05, 0.1) is 17.6 Å². The third-order valence-corrected chi connectivity index (χ3v) is 2.01. The molecule has 17 heavy (non-hydrogen) atoms. The Labute approximate surface area is 95.8 Å². The number of ketones is 1. The number of nitro benzene ring substituents is 1. The molecule has 0 aliphatic carbocycles. The lowest BCUT2D eigenvalue weighted by atomic mass is 10.1. The number of nitro groups is 1. The minimum atomic E-state index is -0.798. The molecule has 0 aromatic heterocycles. The summed E-state index contributed by atoms with van der Waals surface area (Å²) in [7, 11) is 1.10. The van der Waals surface area contributed by atoms with Gasteiger partial charge in [-0.25, -0.2) is 0 Å². The van der Waals surface area contributed by atoms with Crippen LogP contribution in [0.5, 0.6) is 5.75 Å². The van der Waals surface area contributed by atoms with Gasteiger partial charge in [-0.15, -0.1) is 0 Å². The molecule has 1 aromatic carbocycles. The number of aromatic hydroxyl groups is 1. The summed E-state index contributed by atoms with van der Waals surface area (Å²) < 4.78 is 4.28. The number of rotatable bonds is 4. The first-order chi connectivity index (χ1) is 7.95. The van der Waals surface area contributed by atoms with E-state index in [1.165, 1.54) is 0 Å². The Morgan fingerprint density at radius 3 is 2.65 bits per heavy atom. The summed E-state index contributed by atoms with van der Waals surface area (Å²) in [5, 5.41) is 19.8. The average Bonchev–Trinajstić information content (AvgIpc) is 2.28. The molecule has 0 radical (unpaired) electrons. The van der Waals surface area contributed by atoms with Crippen LogP contribution in [-0.4, -0.2) is 28.9 Å². The van der Waals surface area contributed by atoms with Gasteiger partial charge in [-0.2, -0.15) is 0 Å². The highest BCUT2D eigenvalue weighted by Gasteiger charge is 2.22. The smallest absolute Gasteiger partial charge is 0.313 e. The maximum atomic E-state index is 11.6. The first-order valence-electron chi connectivity index (χ1n) is 4.53. The van der Waals surface area contributed by atoms with Gasteiger partial charge in [0.2, 0.25) is 0 Å². The lowest BCUT2D eigenvalue weighted by Crippen LogP contribution is -2.11. The van der Waals surface area contributed by atoms with Crippen LogP contribution in [0.25, 0.3) is 0 Å². The largest absolute Gasteiger partial charge is 0.508 e. The SMILES string of the molecule is COC(=O)CC(=O)c1cc(O)ccc1[N+](=O)[O-]. The lowest BCUT2D eigenvalue weighted by molar-refractivity contribution is -0.385. The Morgan fingerprint density at radius 1 is 1.47 bits per heavy atom. The van der Waals surface area contributed by atoms with Crippen molar-refractivity contribution in [3.05, 3.63) is 33.9 Å². The molecule has 0 unspecified atom stereocenters. The van der Waals surface area contributed by atoms with Crippen LogP contribution in [0.1, 0.15) is 16.8 Å². The number of Topliss-reactive ketones (excluding diaryl/α,β-unsaturated/α-hetero) is 1. The number of carbonyl (C=O) groups is 2. The van der Waals surface area contributed by atoms with Crippen LogP contribution in [-0.2, 0) is 9.53 Å². The fourth-order valence-electron chi connectivity index (χ4n) is 1.21. The van der Waals surface area contributed by atoms with Crippen molar-refractivity contribution in [1.29, 1.82) is 0 Å². The second-order valence-corrected chi connectivity index (χ2v) is 3.13. The highest BCUT2D eigenvalue weighted by molar-refractivity contribution is 6.08. The number of benzene rings is 1. The zero-order chi connectivity index (χ0) is 13.0. The lowest BCUT2D eigenvalue weighted by Gasteiger charge is -2.02. The van der Waals surface area contributed by atoms with Gasteiger partial charge in [-0.05, 0) is 12.1 Å². The Morgan fingerprint density at radius 2 is 2.12 bits per heavy atom. The quantitative estimate of drug-likeness (QED) is 0.276. The topological polar surface area (TPSA) is 107 Å². The van der Waals surface area contributed by atoms with Crippen molar-refractivity contribution in [1.82, 2.24) is 0 Å². The van der Waals surface area contributed by atoms with E-state index in [1.54, 1.807) is 0 Å². The predicted octanol–water partition coefficient (Wildman–Crippen LogP) is 1.05. The molecule has 1 N–H and O–H groups in total. The van der Waals surface area contributed by atoms with Crippen molar-refractivity contribution in [3.8, 4) is 5.75 Å². The summed E-state index contributed by atoms with van der Waals surface area (Å²) in [6, 6.07) is 3.04. The number of methoxy groups -OCH3 is 1. The van der Waals surface area contributed by atoms with Crippen molar-refractivity contribution in [2.75, 3.05) is 7.11 Å². The molecule has 0 bridgehead atoms. The third-order valence-electron chi connectivity index (χ3n) is 2.01. The zero-order valence-electron chi connectivity index (χ0n) is 8.87. The molecule has 0 saturated heterocycles. The number of hydrogen-bond acceptors (Lipinski definition) is 6. The Kier molecular flexibility index (Phi) is 3.76. The Hall–Kier alpha value is -2.44. The van der Waals surface area contributed by atoms with Gasteiger partial charge in [0, 0.05) is 6.07 Å². The van der Waals surface area contributed by atoms with Gasteiger partial charge in [0.25, 0.3) is 5.69 Å². The van der Waals surface area contributed by atoms with Crippen LogP contribution in [0, 0.1) is 10.1 Å². The van der Waals surface area contributed by atoms with Gasteiger partial charge in [-0.3, -0.25) is 19.7 Å². The fraction of sp³-hybridized carbons (Fsp3) is 0.200. The zero-order valence-corrected chi connectivity index (χ0v) is 8.87. The highest BCUT2D eigenvalue weighted by Crippen LogP contribution is 2.24. The Balaban J connectivity index is 3.11.